The van der Waals surface area contributed by atoms with E-state index in [1.165, 1.54) is 5.56 Å². The van der Waals surface area contributed by atoms with Crippen molar-refractivity contribution in [3.63, 3.8) is 0 Å². The van der Waals surface area contributed by atoms with E-state index in [0.717, 1.165) is 57.3 Å². The van der Waals surface area contributed by atoms with Gasteiger partial charge < -0.3 is 19.7 Å². The SMILES string of the molecule is CCOc1ccc(CN(CCCN2CCOCC2)C(=S)Nc2ccc(Cl)cc2Cl)cc1. The maximum Gasteiger partial charge on any atom is 0.173 e. The van der Waals surface area contributed by atoms with Crippen LogP contribution >= 0.6 is 35.4 Å². The van der Waals surface area contributed by atoms with Gasteiger partial charge in [0.1, 0.15) is 5.75 Å². The highest BCUT2D eigenvalue weighted by molar-refractivity contribution is 7.80. The molecule has 0 bridgehead atoms. The Morgan fingerprint density at radius 1 is 1.16 bits per heavy atom. The fourth-order valence-electron chi connectivity index (χ4n) is 3.43. The van der Waals surface area contributed by atoms with E-state index >= 15 is 0 Å². The van der Waals surface area contributed by atoms with Gasteiger partial charge in [0.05, 0.1) is 30.5 Å². The third kappa shape index (κ3) is 7.81. The number of benzene rings is 2. The third-order valence-corrected chi connectivity index (χ3v) is 5.98. The summed E-state index contributed by atoms with van der Waals surface area (Å²) in [6, 6.07) is 13.5. The van der Waals surface area contributed by atoms with Gasteiger partial charge in [-0.15, -0.1) is 0 Å². The number of anilines is 1. The van der Waals surface area contributed by atoms with Crippen LogP contribution < -0.4 is 10.1 Å². The van der Waals surface area contributed by atoms with Crippen LogP contribution in [0, 0.1) is 0 Å². The average molecular weight is 482 g/mol. The Bertz CT molecular complexity index is 845. The van der Waals surface area contributed by atoms with Gasteiger partial charge in [0, 0.05) is 37.7 Å². The quantitative estimate of drug-likeness (QED) is 0.488. The summed E-state index contributed by atoms with van der Waals surface area (Å²) in [5.74, 6) is 0.874. The molecule has 8 heteroatoms. The van der Waals surface area contributed by atoms with Crippen LogP contribution in [0.3, 0.4) is 0 Å². The number of rotatable bonds is 9. The summed E-state index contributed by atoms with van der Waals surface area (Å²) in [6.45, 7) is 8.79. The molecular formula is C23H29Cl2N3O2S. The molecule has 5 nitrogen and oxygen atoms in total. The normalized spacial score (nSPS) is 14.3. The molecule has 168 valence electrons. The molecule has 0 radical (unpaired) electrons. The van der Waals surface area contributed by atoms with Crippen LogP contribution in [0.2, 0.25) is 10.0 Å². The summed E-state index contributed by atoms with van der Waals surface area (Å²) in [5, 5.41) is 5.07. The first-order valence-corrected chi connectivity index (χ1v) is 11.7. The van der Waals surface area contributed by atoms with Crippen LogP contribution in [0.4, 0.5) is 5.69 Å². The number of ether oxygens (including phenoxy) is 2. The Morgan fingerprint density at radius 3 is 2.58 bits per heavy atom. The monoisotopic (exact) mass is 481 g/mol. The first-order valence-electron chi connectivity index (χ1n) is 10.6. The fourth-order valence-corrected chi connectivity index (χ4v) is 4.15. The molecule has 0 spiro atoms. The lowest BCUT2D eigenvalue weighted by molar-refractivity contribution is 0.0368. The maximum atomic E-state index is 6.33. The molecule has 0 atom stereocenters. The van der Waals surface area contributed by atoms with Gasteiger partial charge in [0.2, 0.25) is 0 Å². The second-order valence-corrected chi connectivity index (χ2v) is 8.59. The number of hydrogen-bond acceptors (Lipinski definition) is 4. The molecule has 1 N–H and O–H groups in total. The van der Waals surface area contributed by atoms with Crippen LogP contribution in [-0.4, -0.2) is 60.9 Å². The van der Waals surface area contributed by atoms with Crippen molar-refractivity contribution in [3.8, 4) is 5.75 Å². The summed E-state index contributed by atoms with van der Waals surface area (Å²) < 4.78 is 11.0. The van der Waals surface area contributed by atoms with Gasteiger partial charge in [-0.25, -0.2) is 0 Å². The van der Waals surface area contributed by atoms with Gasteiger partial charge >= 0.3 is 0 Å². The molecule has 0 amide bonds. The third-order valence-electron chi connectivity index (χ3n) is 5.07. The second-order valence-electron chi connectivity index (χ2n) is 7.36. The summed E-state index contributed by atoms with van der Waals surface area (Å²) >= 11 is 18.1. The first-order chi connectivity index (χ1) is 15.0. The van der Waals surface area contributed by atoms with E-state index in [9.17, 15) is 0 Å². The van der Waals surface area contributed by atoms with E-state index in [1.807, 2.05) is 25.1 Å². The van der Waals surface area contributed by atoms with Crippen molar-refractivity contribution in [1.82, 2.24) is 9.80 Å². The molecule has 2 aromatic rings. The second kappa shape index (κ2) is 12.5. The average Bonchev–Trinajstić information content (AvgIpc) is 2.77. The van der Waals surface area contributed by atoms with Crippen molar-refractivity contribution >= 4 is 46.2 Å². The molecule has 1 aliphatic rings. The summed E-state index contributed by atoms with van der Waals surface area (Å²) in [6.07, 6.45) is 1.01. The minimum atomic E-state index is 0.546. The zero-order valence-electron chi connectivity index (χ0n) is 17.8. The molecule has 1 fully saturated rings. The highest BCUT2D eigenvalue weighted by Gasteiger charge is 2.15. The first kappa shape index (κ1) is 24.1. The molecule has 0 saturated carbocycles. The molecule has 1 aliphatic heterocycles. The van der Waals surface area contributed by atoms with Gasteiger partial charge in [0.25, 0.3) is 0 Å². The molecule has 1 heterocycles. The Labute approximate surface area is 200 Å². The number of hydrogen-bond donors (Lipinski definition) is 1. The highest BCUT2D eigenvalue weighted by Crippen LogP contribution is 2.26. The van der Waals surface area contributed by atoms with E-state index in [2.05, 4.69) is 27.2 Å². The minimum absolute atomic E-state index is 0.546. The Kier molecular flexibility index (Phi) is 9.68. The van der Waals surface area contributed by atoms with E-state index in [-0.39, 0.29) is 0 Å². The van der Waals surface area contributed by atoms with Crippen molar-refractivity contribution in [1.29, 1.82) is 0 Å². The van der Waals surface area contributed by atoms with Gasteiger partial charge in [0.15, 0.2) is 5.11 Å². The minimum Gasteiger partial charge on any atom is -0.494 e. The van der Waals surface area contributed by atoms with Crippen molar-refractivity contribution in [2.45, 2.75) is 19.9 Å². The standard InChI is InChI=1S/C23H29Cl2N3O2S/c1-2-30-20-7-4-18(5-8-20)17-28(11-3-10-27-12-14-29-15-13-27)23(31)26-22-9-6-19(24)16-21(22)25/h4-9,16H,2-3,10-15,17H2,1H3,(H,26,31). The Hall–Kier alpha value is -1.57. The molecule has 0 aromatic heterocycles. The topological polar surface area (TPSA) is 37.0 Å². The lowest BCUT2D eigenvalue weighted by Gasteiger charge is -2.30. The van der Waals surface area contributed by atoms with Crippen LogP contribution in [0.25, 0.3) is 0 Å². The van der Waals surface area contributed by atoms with Crippen LogP contribution in [0.1, 0.15) is 18.9 Å². The number of halogens is 2. The van der Waals surface area contributed by atoms with Gasteiger partial charge in [-0.1, -0.05) is 35.3 Å². The summed E-state index contributed by atoms with van der Waals surface area (Å²) in [7, 11) is 0. The molecule has 3 rings (SSSR count). The molecule has 0 unspecified atom stereocenters. The molecule has 1 saturated heterocycles. The van der Waals surface area contributed by atoms with E-state index < -0.39 is 0 Å². The van der Waals surface area contributed by atoms with Crippen molar-refractivity contribution in [3.05, 3.63) is 58.1 Å². The summed E-state index contributed by atoms with van der Waals surface area (Å²) in [4.78, 5) is 4.61. The number of nitrogens with zero attached hydrogens (tertiary/aromatic N) is 2. The van der Waals surface area contributed by atoms with Crippen LogP contribution in [0.5, 0.6) is 5.75 Å². The Morgan fingerprint density at radius 2 is 1.90 bits per heavy atom. The largest absolute Gasteiger partial charge is 0.494 e. The lowest BCUT2D eigenvalue weighted by atomic mass is 10.2. The smallest absolute Gasteiger partial charge is 0.173 e. The molecule has 31 heavy (non-hydrogen) atoms. The number of nitrogens with one attached hydrogen (secondary N) is 1. The van der Waals surface area contributed by atoms with E-state index in [1.54, 1.807) is 12.1 Å². The predicted octanol–water partition coefficient (Wildman–Crippen LogP) is 5.31. The van der Waals surface area contributed by atoms with Gasteiger partial charge in [-0.3, -0.25) is 4.90 Å². The summed E-state index contributed by atoms with van der Waals surface area (Å²) in [5.41, 5.74) is 1.92. The van der Waals surface area contributed by atoms with Gasteiger partial charge in [-0.2, -0.15) is 0 Å². The molecular weight excluding hydrogens is 453 g/mol. The lowest BCUT2D eigenvalue weighted by Crippen LogP contribution is -2.40. The number of morpholine rings is 1. The van der Waals surface area contributed by atoms with Crippen molar-refractivity contribution in [2.75, 3.05) is 51.3 Å². The predicted molar refractivity (Wildman–Crippen MR) is 133 cm³/mol. The maximum absolute atomic E-state index is 6.33. The molecule has 0 aliphatic carbocycles. The van der Waals surface area contributed by atoms with Crippen molar-refractivity contribution in [2.24, 2.45) is 0 Å². The zero-order chi connectivity index (χ0) is 22.1. The highest BCUT2D eigenvalue weighted by atomic mass is 35.5. The van der Waals surface area contributed by atoms with Crippen LogP contribution in [-0.2, 0) is 11.3 Å². The van der Waals surface area contributed by atoms with Crippen molar-refractivity contribution < 1.29 is 9.47 Å². The van der Waals surface area contributed by atoms with E-state index in [4.69, 9.17) is 44.9 Å². The zero-order valence-corrected chi connectivity index (χ0v) is 20.1. The molecule has 2 aromatic carbocycles. The Balaban J connectivity index is 1.65. The van der Waals surface area contributed by atoms with Crippen LogP contribution in [0.15, 0.2) is 42.5 Å². The van der Waals surface area contributed by atoms with Gasteiger partial charge in [-0.05, 0) is 61.5 Å². The number of thiocarbonyl (C=S) groups is 1. The van der Waals surface area contributed by atoms with E-state index in [0.29, 0.717) is 28.3 Å². The fraction of sp³-hybridized carbons (Fsp3) is 0.435.